The van der Waals surface area contributed by atoms with E-state index in [-0.39, 0.29) is 16.8 Å². The summed E-state index contributed by atoms with van der Waals surface area (Å²) in [6.45, 7) is 5.52. The Hall–Kier alpha value is -0.0900. The van der Waals surface area contributed by atoms with Crippen LogP contribution in [0.15, 0.2) is 0 Å². The number of hydrogen-bond donors (Lipinski definition) is 1. The summed E-state index contributed by atoms with van der Waals surface area (Å²) in [6, 6.07) is 0. The second-order valence-electron chi connectivity index (χ2n) is 4.03. The molecule has 14 heavy (non-hydrogen) atoms. The monoisotopic (exact) mass is 263 g/mol. The molecule has 1 aliphatic rings. The van der Waals surface area contributed by atoms with Crippen molar-refractivity contribution in [3.05, 3.63) is 0 Å². The fourth-order valence-electron chi connectivity index (χ4n) is 1.42. The molecule has 1 N–H and O–H groups in total. The predicted molar refractivity (Wildman–Crippen MR) is 59.5 cm³/mol. The lowest BCUT2D eigenvalue weighted by Crippen LogP contribution is -2.38. The Morgan fingerprint density at radius 3 is 2.86 bits per heavy atom. The Bertz CT molecular complexity index is 191. The molecule has 0 aromatic rings. The number of rotatable bonds is 4. The van der Waals surface area contributed by atoms with E-state index in [9.17, 15) is 4.79 Å². The van der Waals surface area contributed by atoms with E-state index in [1.54, 1.807) is 0 Å². The number of nitrogens with one attached hydrogen (secondary N) is 1. The van der Waals surface area contributed by atoms with E-state index in [1.165, 1.54) is 0 Å². The van der Waals surface area contributed by atoms with Crippen LogP contribution in [0.4, 0.5) is 0 Å². The molecule has 4 heteroatoms. The van der Waals surface area contributed by atoms with Crippen molar-refractivity contribution in [2.45, 2.75) is 37.6 Å². The Kier molecular flexibility index (Phi) is 4.89. The minimum absolute atomic E-state index is 0.0653. The van der Waals surface area contributed by atoms with Gasteiger partial charge < -0.3 is 10.1 Å². The molecule has 0 spiro atoms. The third-order valence-corrected chi connectivity index (χ3v) is 3.84. The van der Waals surface area contributed by atoms with Crippen LogP contribution >= 0.6 is 15.9 Å². The summed E-state index contributed by atoms with van der Waals surface area (Å²) < 4.78 is 5.41. The lowest BCUT2D eigenvalue weighted by atomic mass is 10.1. The van der Waals surface area contributed by atoms with E-state index >= 15 is 0 Å². The summed E-state index contributed by atoms with van der Waals surface area (Å²) in [5.74, 6) is 0.384. The third-order valence-electron chi connectivity index (χ3n) is 2.36. The first kappa shape index (κ1) is 12.0. The van der Waals surface area contributed by atoms with Crippen LogP contribution in [0.3, 0.4) is 0 Å². The molecule has 82 valence electrons. The van der Waals surface area contributed by atoms with Gasteiger partial charge in [-0.2, -0.15) is 0 Å². The normalized spacial score (nSPS) is 23.9. The molecule has 2 atom stereocenters. The number of alkyl halides is 1. The van der Waals surface area contributed by atoms with Gasteiger partial charge in [-0.05, 0) is 18.8 Å². The first-order chi connectivity index (χ1) is 6.61. The Morgan fingerprint density at radius 2 is 2.36 bits per heavy atom. The molecule has 0 radical (unpaired) electrons. The van der Waals surface area contributed by atoms with Crippen LogP contribution in [0.25, 0.3) is 0 Å². The standard InChI is InChI=1S/C10H18BrNO2/c1-7(2)9(11)10(13)12-6-8-4-3-5-14-8/h7-9H,3-6H2,1-2H3,(H,12,13). The summed E-state index contributed by atoms with van der Waals surface area (Å²) in [5.41, 5.74) is 0. The van der Waals surface area contributed by atoms with E-state index in [2.05, 4.69) is 21.2 Å². The minimum Gasteiger partial charge on any atom is -0.376 e. The maximum Gasteiger partial charge on any atom is 0.234 e. The van der Waals surface area contributed by atoms with Crippen molar-refractivity contribution in [1.29, 1.82) is 0 Å². The zero-order chi connectivity index (χ0) is 10.6. The Balaban J connectivity index is 2.19. The number of carbonyl (C=O) groups excluding carboxylic acids is 1. The second kappa shape index (κ2) is 5.71. The van der Waals surface area contributed by atoms with Crippen LogP contribution in [0.1, 0.15) is 26.7 Å². The van der Waals surface area contributed by atoms with Gasteiger partial charge >= 0.3 is 0 Å². The van der Waals surface area contributed by atoms with Gasteiger partial charge in [-0.15, -0.1) is 0 Å². The van der Waals surface area contributed by atoms with Gasteiger partial charge in [0.1, 0.15) is 0 Å². The highest BCUT2D eigenvalue weighted by Crippen LogP contribution is 2.13. The van der Waals surface area contributed by atoms with Crippen molar-refractivity contribution in [2.24, 2.45) is 5.92 Å². The minimum atomic E-state index is -0.0936. The van der Waals surface area contributed by atoms with Crippen molar-refractivity contribution < 1.29 is 9.53 Å². The van der Waals surface area contributed by atoms with Gasteiger partial charge in [0.25, 0.3) is 0 Å². The maximum absolute atomic E-state index is 11.5. The number of carbonyl (C=O) groups is 1. The van der Waals surface area contributed by atoms with Gasteiger partial charge in [0.15, 0.2) is 0 Å². The summed E-state index contributed by atoms with van der Waals surface area (Å²) >= 11 is 3.36. The van der Waals surface area contributed by atoms with E-state index in [1.807, 2.05) is 13.8 Å². The molecule has 0 saturated carbocycles. The lowest BCUT2D eigenvalue weighted by molar-refractivity contribution is -0.121. The molecule has 1 rings (SSSR count). The highest BCUT2D eigenvalue weighted by molar-refractivity contribution is 9.10. The van der Waals surface area contributed by atoms with E-state index < -0.39 is 0 Å². The predicted octanol–water partition coefficient (Wildman–Crippen LogP) is 1.70. The zero-order valence-electron chi connectivity index (χ0n) is 8.75. The molecule has 1 fully saturated rings. The van der Waals surface area contributed by atoms with Crippen LogP contribution in [-0.4, -0.2) is 30.0 Å². The largest absolute Gasteiger partial charge is 0.376 e. The fourth-order valence-corrected chi connectivity index (χ4v) is 1.58. The van der Waals surface area contributed by atoms with Gasteiger partial charge in [0.2, 0.25) is 5.91 Å². The molecule has 1 saturated heterocycles. The van der Waals surface area contributed by atoms with Crippen molar-refractivity contribution in [3.8, 4) is 0 Å². The zero-order valence-corrected chi connectivity index (χ0v) is 10.3. The van der Waals surface area contributed by atoms with Crippen molar-refractivity contribution in [3.63, 3.8) is 0 Å². The molecule has 2 unspecified atom stereocenters. The van der Waals surface area contributed by atoms with Crippen LogP contribution in [-0.2, 0) is 9.53 Å². The van der Waals surface area contributed by atoms with Crippen LogP contribution < -0.4 is 5.32 Å². The lowest BCUT2D eigenvalue weighted by Gasteiger charge is -2.15. The third kappa shape index (κ3) is 3.58. The first-order valence-corrected chi connectivity index (χ1v) is 6.06. The fraction of sp³-hybridized carbons (Fsp3) is 0.900. The summed E-state index contributed by atoms with van der Waals surface area (Å²) in [4.78, 5) is 11.4. The molecular weight excluding hydrogens is 246 g/mol. The summed E-state index contributed by atoms with van der Waals surface area (Å²) in [7, 11) is 0. The molecule has 3 nitrogen and oxygen atoms in total. The van der Waals surface area contributed by atoms with Gasteiger partial charge in [-0.1, -0.05) is 29.8 Å². The Labute approximate surface area is 93.7 Å². The molecule has 1 amide bonds. The highest BCUT2D eigenvalue weighted by atomic mass is 79.9. The molecule has 0 bridgehead atoms. The van der Waals surface area contributed by atoms with E-state index in [4.69, 9.17) is 4.74 Å². The van der Waals surface area contributed by atoms with Gasteiger partial charge in [0, 0.05) is 13.2 Å². The molecule has 1 heterocycles. The molecule has 1 aliphatic heterocycles. The van der Waals surface area contributed by atoms with Crippen LogP contribution in [0, 0.1) is 5.92 Å². The maximum atomic E-state index is 11.5. The SMILES string of the molecule is CC(C)C(Br)C(=O)NCC1CCCO1. The number of amides is 1. The van der Waals surface area contributed by atoms with E-state index in [0.717, 1.165) is 19.4 Å². The van der Waals surface area contributed by atoms with Crippen molar-refractivity contribution >= 4 is 21.8 Å². The topological polar surface area (TPSA) is 38.3 Å². The molecule has 0 aliphatic carbocycles. The first-order valence-electron chi connectivity index (χ1n) is 5.14. The van der Waals surface area contributed by atoms with Crippen molar-refractivity contribution in [2.75, 3.05) is 13.2 Å². The smallest absolute Gasteiger partial charge is 0.234 e. The van der Waals surface area contributed by atoms with Gasteiger partial charge in [-0.3, -0.25) is 4.79 Å². The molecule has 0 aromatic heterocycles. The highest BCUT2D eigenvalue weighted by Gasteiger charge is 2.21. The summed E-state index contributed by atoms with van der Waals surface area (Å²) in [5, 5.41) is 2.89. The van der Waals surface area contributed by atoms with E-state index in [0.29, 0.717) is 12.5 Å². The number of halogens is 1. The molecule has 0 aromatic carbocycles. The number of hydrogen-bond acceptors (Lipinski definition) is 2. The average molecular weight is 264 g/mol. The average Bonchev–Trinajstić information content (AvgIpc) is 2.65. The second-order valence-corrected chi connectivity index (χ2v) is 5.01. The van der Waals surface area contributed by atoms with Crippen LogP contribution in [0.2, 0.25) is 0 Å². The molecular formula is C10H18BrNO2. The van der Waals surface area contributed by atoms with Gasteiger partial charge in [0.05, 0.1) is 10.9 Å². The van der Waals surface area contributed by atoms with Crippen LogP contribution in [0.5, 0.6) is 0 Å². The number of ether oxygens (including phenoxy) is 1. The Morgan fingerprint density at radius 1 is 1.64 bits per heavy atom. The summed E-state index contributed by atoms with van der Waals surface area (Å²) in [6.07, 6.45) is 2.41. The quantitative estimate of drug-likeness (QED) is 0.785. The van der Waals surface area contributed by atoms with Gasteiger partial charge in [-0.25, -0.2) is 0 Å². The van der Waals surface area contributed by atoms with Crippen molar-refractivity contribution in [1.82, 2.24) is 5.32 Å².